The molecular formula is C15H17FN2. The number of hydrogen-bond acceptors (Lipinski definition) is 2. The van der Waals surface area contributed by atoms with Crippen LogP contribution in [0.4, 0.5) is 4.39 Å². The fourth-order valence-corrected chi connectivity index (χ4v) is 2.05. The third kappa shape index (κ3) is 3.14. The molecule has 2 rings (SSSR count). The van der Waals surface area contributed by atoms with Gasteiger partial charge in [0.15, 0.2) is 0 Å². The summed E-state index contributed by atoms with van der Waals surface area (Å²) in [5, 5.41) is 3.15. The summed E-state index contributed by atoms with van der Waals surface area (Å²) < 4.78 is 13.0. The molecule has 0 radical (unpaired) electrons. The quantitative estimate of drug-likeness (QED) is 0.874. The summed E-state index contributed by atoms with van der Waals surface area (Å²) in [5.41, 5.74) is 2.13. The Kier molecular flexibility index (Phi) is 4.42. The maximum atomic E-state index is 13.0. The molecule has 1 aromatic carbocycles. The van der Waals surface area contributed by atoms with Crippen LogP contribution in [-0.4, -0.2) is 18.6 Å². The Balaban J connectivity index is 2.27. The van der Waals surface area contributed by atoms with Gasteiger partial charge in [-0.3, -0.25) is 4.98 Å². The first-order chi connectivity index (χ1) is 8.81. The van der Waals surface area contributed by atoms with E-state index in [1.165, 1.54) is 12.1 Å². The van der Waals surface area contributed by atoms with E-state index >= 15 is 0 Å². The molecule has 18 heavy (non-hydrogen) atoms. The first kappa shape index (κ1) is 12.7. The SMILES string of the molecule is CNCC[C@@H](c1ccc(F)cc1)c1ccccn1. The molecule has 1 heterocycles. The third-order valence-electron chi connectivity index (χ3n) is 3.00. The van der Waals surface area contributed by atoms with Gasteiger partial charge in [0.2, 0.25) is 0 Å². The number of nitrogens with one attached hydrogen (secondary N) is 1. The largest absolute Gasteiger partial charge is 0.320 e. The molecule has 2 aromatic rings. The molecule has 2 nitrogen and oxygen atoms in total. The minimum absolute atomic E-state index is 0.202. The average Bonchev–Trinajstić information content (AvgIpc) is 2.42. The second kappa shape index (κ2) is 6.26. The zero-order chi connectivity index (χ0) is 12.8. The Bertz CT molecular complexity index is 468. The van der Waals surface area contributed by atoms with Crippen LogP contribution >= 0.6 is 0 Å². The second-order valence-electron chi connectivity index (χ2n) is 4.25. The van der Waals surface area contributed by atoms with Crippen LogP contribution in [0, 0.1) is 5.82 Å². The Hall–Kier alpha value is -1.74. The van der Waals surface area contributed by atoms with Gasteiger partial charge in [-0.05, 0) is 49.8 Å². The lowest BCUT2D eigenvalue weighted by atomic mass is 9.92. The van der Waals surface area contributed by atoms with Crippen LogP contribution in [0.15, 0.2) is 48.7 Å². The van der Waals surface area contributed by atoms with Gasteiger partial charge in [0.05, 0.1) is 0 Å². The van der Waals surface area contributed by atoms with Gasteiger partial charge in [0.25, 0.3) is 0 Å². The fraction of sp³-hybridized carbons (Fsp3) is 0.267. The van der Waals surface area contributed by atoms with Crippen LogP contribution < -0.4 is 5.32 Å². The second-order valence-corrected chi connectivity index (χ2v) is 4.25. The molecule has 1 atom stereocenters. The zero-order valence-corrected chi connectivity index (χ0v) is 10.4. The van der Waals surface area contributed by atoms with Crippen LogP contribution in [0.1, 0.15) is 23.6 Å². The Morgan fingerprint density at radius 2 is 1.94 bits per heavy atom. The van der Waals surface area contributed by atoms with Crippen LogP contribution in [0.5, 0.6) is 0 Å². The van der Waals surface area contributed by atoms with Crippen molar-refractivity contribution in [2.75, 3.05) is 13.6 Å². The standard InChI is InChI=1S/C15H17FN2/c1-17-11-9-14(15-4-2-3-10-18-15)12-5-7-13(16)8-6-12/h2-8,10,14,17H,9,11H2,1H3/t14-/m0/s1. The molecule has 0 spiro atoms. The van der Waals surface area contributed by atoms with Gasteiger partial charge in [0, 0.05) is 17.8 Å². The Labute approximate surface area is 107 Å². The number of pyridine rings is 1. The van der Waals surface area contributed by atoms with E-state index in [1.54, 1.807) is 6.20 Å². The number of halogens is 1. The van der Waals surface area contributed by atoms with Gasteiger partial charge in [0.1, 0.15) is 5.82 Å². The molecule has 0 aliphatic heterocycles. The van der Waals surface area contributed by atoms with Crippen molar-refractivity contribution in [3.63, 3.8) is 0 Å². The highest BCUT2D eigenvalue weighted by Crippen LogP contribution is 2.26. The molecule has 0 amide bonds. The molecule has 3 heteroatoms. The molecule has 0 fully saturated rings. The summed E-state index contributed by atoms with van der Waals surface area (Å²) in [7, 11) is 1.93. The van der Waals surface area contributed by atoms with E-state index in [2.05, 4.69) is 10.3 Å². The van der Waals surface area contributed by atoms with E-state index in [0.29, 0.717) is 0 Å². The van der Waals surface area contributed by atoms with Crippen molar-refractivity contribution in [2.24, 2.45) is 0 Å². The first-order valence-corrected chi connectivity index (χ1v) is 6.12. The van der Waals surface area contributed by atoms with Crippen molar-refractivity contribution in [3.8, 4) is 0 Å². The first-order valence-electron chi connectivity index (χ1n) is 6.12. The molecule has 0 aliphatic carbocycles. The van der Waals surface area contributed by atoms with Crippen molar-refractivity contribution in [1.29, 1.82) is 0 Å². The molecule has 0 saturated carbocycles. The number of rotatable bonds is 5. The van der Waals surface area contributed by atoms with Crippen LogP contribution in [0.3, 0.4) is 0 Å². The lowest BCUT2D eigenvalue weighted by Gasteiger charge is -2.16. The van der Waals surface area contributed by atoms with Gasteiger partial charge < -0.3 is 5.32 Å². The minimum atomic E-state index is -0.202. The van der Waals surface area contributed by atoms with Crippen LogP contribution in [0.25, 0.3) is 0 Å². The maximum Gasteiger partial charge on any atom is 0.123 e. The summed E-state index contributed by atoms with van der Waals surface area (Å²) in [6.45, 7) is 0.901. The van der Waals surface area contributed by atoms with E-state index in [4.69, 9.17) is 0 Å². The highest BCUT2D eigenvalue weighted by molar-refractivity contribution is 5.28. The highest BCUT2D eigenvalue weighted by Gasteiger charge is 2.14. The van der Waals surface area contributed by atoms with Crippen molar-refractivity contribution in [2.45, 2.75) is 12.3 Å². The summed E-state index contributed by atoms with van der Waals surface area (Å²) >= 11 is 0. The van der Waals surface area contributed by atoms with Crippen molar-refractivity contribution in [1.82, 2.24) is 10.3 Å². The third-order valence-corrected chi connectivity index (χ3v) is 3.00. The number of aromatic nitrogens is 1. The van der Waals surface area contributed by atoms with Gasteiger partial charge in [-0.2, -0.15) is 0 Å². The summed E-state index contributed by atoms with van der Waals surface area (Å²) in [4.78, 5) is 4.41. The van der Waals surface area contributed by atoms with Crippen molar-refractivity contribution in [3.05, 3.63) is 65.7 Å². The van der Waals surface area contributed by atoms with Crippen LogP contribution in [-0.2, 0) is 0 Å². The molecule has 0 saturated heterocycles. The summed E-state index contributed by atoms with van der Waals surface area (Å²) in [6.07, 6.45) is 2.74. The van der Waals surface area contributed by atoms with E-state index < -0.39 is 0 Å². The molecule has 94 valence electrons. The molecule has 1 N–H and O–H groups in total. The maximum absolute atomic E-state index is 13.0. The van der Waals surface area contributed by atoms with Gasteiger partial charge in [-0.1, -0.05) is 18.2 Å². The van der Waals surface area contributed by atoms with Gasteiger partial charge >= 0.3 is 0 Å². The zero-order valence-electron chi connectivity index (χ0n) is 10.4. The molecular weight excluding hydrogens is 227 g/mol. The lowest BCUT2D eigenvalue weighted by Crippen LogP contribution is -2.14. The molecule has 0 aliphatic rings. The topological polar surface area (TPSA) is 24.9 Å². The minimum Gasteiger partial charge on any atom is -0.320 e. The van der Waals surface area contributed by atoms with Crippen LogP contribution in [0.2, 0.25) is 0 Å². The average molecular weight is 244 g/mol. The van der Waals surface area contributed by atoms with E-state index in [0.717, 1.165) is 24.2 Å². The lowest BCUT2D eigenvalue weighted by molar-refractivity contribution is 0.621. The van der Waals surface area contributed by atoms with E-state index in [1.807, 2.05) is 37.4 Å². The Morgan fingerprint density at radius 3 is 2.56 bits per heavy atom. The molecule has 1 aromatic heterocycles. The normalized spacial score (nSPS) is 12.3. The van der Waals surface area contributed by atoms with Crippen molar-refractivity contribution < 1.29 is 4.39 Å². The van der Waals surface area contributed by atoms with E-state index in [9.17, 15) is 4.39 Å². The molecule has 0 bridgehead atoms. The van der Waals surface area contributed by atoms with Gasteiger partial charge in [-0.15, -0.1) is 0 Å². The Morgan fingerprint density at radius 1 is 1.17 bits per heavy atom. The van der Waals surface area contributed by atoms with Crippen molar-refractivity contribution >= 4 is 0 Å². The monoisotopic (exact) mass is 244 g/mol. The highest BCUT2D eigenvalue weighted by atomic mass is 19.1. The summed E-state index contributed by atoms with van der Waals surface area (Å²) in [5.74, 6) is 0.00591. The van der Waals surface area contributed by atoms with Gasteiger partial charge in [-0.25, -0.2) is 4.39 Å². The smallest absolute Gasteiger partial charge is 0.123 e. The van der Waals surface area contributed by atoms with E-state index in [-0.39, 0.29) is 11.7 Å². The number of nitrogens with zero attached hydrogens (tertiary/aromatic N) is 1. The predicted molar refractivity (Wildman–Crippen MR) is 71.0 cm³/mol. The predicted octanol–water partition coefficient (Wildman–Crippen LogP) is 2.96. The number of benzene rings is 1. The fourth-order valence-electron chi connectivity index (χ4n) is 2.05. The number of hydrogen-bond donors (Lipinski definition) is 1. The summed E-state index contributed by atoms with van der Waals surface area (Å²) in [6, 6.07) is 12.6. The molecule has 0 unspecified atom stereocenters.